The van der Waals surface area contributed by atoms with Crippen LogP contribution >= 0.6 is 0 Å². The van der Waals surface area contributed by atoms with Gasteiger partial charge in [-0.15, -0.1) is 0 Å². The molecule has 0 saturated carbocycles. The minimum absolute atomic E-state index is 0.00421. The van der Waals surface area contributed by atoms with Crippen LogP contribution in [-0.2, 0) is 21.6 Å². The Bertz CT molecular complexity index is 1090. The van der Waals surface area contributed by atoms with Gasteiger partial charge in [-0.3, -0.25) is 29.4 Å². The summed E-state index contributed by atoms with van der Waals surface area (Å²) < 4.78 is 5.33. The maximum Gasteiger partial charge on any atom is 0.326 e. The fraction of sp³-hybridized carbons (Fsp3) is 0.348. The largest absolute Gasteiger partial charge is 0.459 e. The van der Waals surface area contributed by atoms with Crippen LogP contribution in [0.1, 0.15) is 63.7 Å². The molecule has 1 heterocycles. The molecule has 31 heavy (non-hydrogen) atoms. The Morgan fingerprint density at radius 2 is 1.71 bits per heavy atom. The fourth-order valence-corrected chi connectivity index (χ4v) is 3.59. The van der Waals surface area contributed by atoms with Crippen molar-refractivity contribution in [1.82, 2.24) is 4.90 Å². The highest BCUT2D eigenvalue weighted by Crippen LogP contribution is 2.31. The van der Waals surface area contributed by atoms with E-state index < -0.39 is 34.9 Å². The SMILES string of the molecule is Cc1cc(C(C)(C)C)cc(C)c1COC(=O)CN1C(=O)c2cccc([N+](=O)[O-])c2C1=O. The number of nitro benzene ring substituents is 1. The van der Waals surface area contributed by atoms with Gasteiger partial charge in [-0.1, -0.05) is 39.0 Å². The van der Waals surface area contributed by atoms with Crippen molar-refractivity contribution in [3.05, 3.63) is 73.8 Å². The monoisotopic (exact) mass is 424 g/mol. The van der Waals surface area contributed by atoms with E-state index in [1.807, 2.05) is 13.8 Å². The normalized spacial score (nSPS) is 13.4. The molecule has 2 amide bonds. The molecule has 0 spiro atoms. The van der Waals surface area contributed by atoms with E-state index in [1.165, 1.54) is 17.7 Å². The molecule has 8 nitrogen and oxygen atoms in total. The Balaban J connectivity index is 1.73. The van der Waals surface area contributed by atoms with E-state index in [4.69, 9.17) is 4.74 Å². The minimum atomic E-state index is -0.869. The Labute approximate surface area is 180 Å². The summed E-state index contributed by atoms with van der Waals surface area (Å²) in [6.45, 7) is 9.63. The van der Waals surface area contributed by atoms with Crippen LogP contribution in [0.3, 0.4) is 0 Å². The van der Waals surface area contributed by atoms with Gasteiger partial charge in [0.05, 0.1) is 10.5 Å². The average molecular weight is 424 g/mol. The molecule has 0 aromatic heterocycles. The molecule has 1 aliphatic rings. The molecule has 162 valence electrons. The highest BCUT2D eigenvalue weighted by Gasteiger charge is 2.41. The molecule has 1 aliphatic heterocycles. The van der Waals surface area contributed by atoms with Crippen LogP contribution in [0.25, 0.3) is 0 Å². The van der Waals surface area contributed by atoms with Crippen LogP contribution in [0.2, 0.25) is 0 Å². The van der Waals surface area contributed by atoms with Crippen molar-refractivity contribution in [3.8, 4) is 0 Å². The van der Waals surface area contributed by atoms with Crippen molar-refractivity contribution < 1.29 is 24.0 Å². The molecule has 3 rings (SSSR count). The van der Waals surface area contributed by atoms with Crippen molar-refractivity contribution >= 4 is 23.5 Å². The van der Waals surface area contributed by atoms with Gasteiger partial charge >= 0.3 is 5.97 Å². The third-order valence-corrected chi connectivity index (χ3v) is 5.40. The second kappa shape index (κ2) is 7.94. The molecule has 0 unspecified atom stereocenters. The van der Waals surface area contributed by atoms with E-state index in [0.717, 1.165) is 22.8 Å². The second-order valence-corrected chi connectivity index (χ2v) is 8.65. The maximum absolute atomic E-state index is 12.6. The number of amides is 2. The molecular weight excluding hydrogens is 400 g/mol. The second-order valence-electron chi connectivity index (χ2n) is 8.65. The predicted molar refractivity (Wildman–Crippen MR) is 113 cm³/mol. The number of carbonyl (C=O) groups is 3. The Kier molecular flexibility index (Phi) is 5.67. The zero-order chi connectivity index (χ0) is 23.1. The summed E-state index contributed by atoms with van der Waals surface area (Å²) in [6.07, 6.45) is 0. The molecule has 0 atom stereocenters. The lowest BCUT2D eigenvalue weighted by atomic mass is 9.84. The third kappa shape index (κ3) is 4.19. The fourth-order valence-electron chi connectivity index (χ4n) is 3.59. The summed E-state index contributed by atoms with van der Waals surface area (Å²) in [7, 11) is 0. The van der Waals surface area contributed by atoms with Gasteiger partial charge in [-0.2, -0.15) is 0 Å². The molecule has 0 fully saturated rings. The van der Waals surface area contributed by atoms with Crippen LogP contribution in [-0.4, -0.2) is 34.2 Å². The number of nitrogens with zero attached hydrogens (tertiary/aromatic N) is 2. The molecule has 2 aromatic carbocycles. The number of benzene rings is 2. The first-order valence-electron chi connectivity index (χ1n) is 9.81. The van der Waals surface area contributed by atoms with Gasteiger partial charge in [-0.05, 0) is 47.6 Å². The van der Waals surface area contributed by atoms with Gasteiger partial charge in [0.15, 0.2) is 0 Å². The number of hydrogen-bond acceptors (Lipinski definition) is 6. The Hall–Kier alpha value is -3.55. The molecule has 8 heteroatoms. The first kappa shape index (κ1) is 22.1. The van der Waals surface area contributed by atoms with Crippen molar-refractivity contribution in [3.63, 3.8) is 0 Å². The molecule has 0 aliphatic carbocycles. The standard InChI is InChI=1S/C23H24N2O6/c1-13-9-15(23(3,4)5)10-14(2)17(13)12-31-19(26)11-24-21(27)16-7-6-8-18(25(29)30)20(16)22(24)28/h6-10H,11-12H2,1-5H3. The molecule has 0 saturated heterocycles. The van der Waals surface area contributed by atoms with Crippen molar-refractivity contribution in [2.75, 3.05) is 6.54 Å². The van der Waals surface area contributed by atoms with E-state index in [2.05, 4.69) is 32.9 Å². The summed E-state index contributed by atoms with van der Waals surface area (Å²) in [6, 6.07) is 7.92. The van der Waals surface area contributed by atoms with Crippen LogP contribution < -0.4 is 0 Å². The molecular formula is C23H24N2O6. The number of rotatable bonds is 5. The van der Waals surface area contributed by atoms with Gasteiger partial charge in [0.25, 0.3) is 17.5 Å². The quantitative estimate of drug-likeness (QED) is 0.312. The van der Waals surface area contributed by atoms with E-state index in [9.17, 15) is 24.5 Å². The van der Waals surface area contributed by atoms with E-state index >= 15 is 0 Å². The summed E-state index contributed by atoms with van der Waals surface area (Å²) in [5, 5.41) is 11.2. The van der Waals surface area contributed by atoms with Gasteiger partial charge in [0.2, 0.25) is 0 Å². The van der Waals surface area contributed by atoms with Crippen LogP contribution in [0, 0.1) is 24.0 Å². The number of aryl methyl sites for hydroxylation is 2. The first-order valence-corrected chi connectivity index (χ1v) is 9.81. The first-order chi connectivity index (χ1) is 14.4. The average Bonchev–Trinajstić information content (AvgIpc) is 2.91. The lowest BCUT2D eigenvalue weighted by Crippen LogP contribution is -2.35. The molecule has 2 aromatic rings. The smallest absolute Gasteiger partial charge is 0.326 e. The van der Waals surface area contributed by atoms with Gasteiger partial charge in [-0.25, -0.2) is 0 Å². The topological polar surface area (TPSA) is 107 Å². The lowest BCUT2D eigenvalue weighted by Gasteiger charge is -2.22. The maximum atomic E-state index is 12.6. The Morgan fingerprint density at radius 3 is 2.26 bits per heavy atom. The van der Waals surface area contributed by atoms with Crippen molar-refractivity contribution in [2.24, 2.45) is 0 Å². The lowest BCUT2D eigenvalue weighted by molar-refractivity contribution is -0.385. The van der Waals surface area contributed by atoms with Gasteiger partial charge in [0.1, 0.15) is 18.7 Å². The highest BCUT2D eigenvalue weighted by atomic mass is 16.6. The highest BCUT2D eigenvalue weighted by molar-refractivity contribution is 6.24. The van der Waals surface area contributed by atoms with Crippen LogP contribution in [0.4, 0.5) is 5.69 Å². The zero-order valence-corrected chi connectivity index (χ0v) is 18.1. The number of carbonyl (C=O) groups excluding carboxylic acids is 3. The number of ether oxygens (including phenoxy) is 1. The van der Waals surface area contributed by atoms with Gasteiger partial charge < -0.3 is 4.74 Å². The summed E-state index contributed by atoms with van der Waals surface area (Å²) in [5.74, 6) is -2.38. The summed E-state index contributed by atoms with van der Waals surface area (Å²) in [5.41, 5.74) is 3.13. The molecule has 0 bridgehead atoms. The van der Waals surface area contributed by atoms with E-state index in [1.54, 1.807) is 0 Å². The number of fused-ring (bicyclic) bond motifs is 1. The third-order valence-electron chi connectivity index (χ3n) is 5.40. The van der Waals surface area contributed by atoms with Gasteiger partial charge in [0, 0.05) is 6.07 Å². The minimum Gasteiger partial charge on any atom is -0.459 e. The molecule has 0 N–H and O–H groups in total. The van der Waals surface area contributed by atoms with Crippen molar-refractivity contribution in [2.45, 2.75) is 46.6 Å². The number of esters is 1. The van der Waals surface area contributed by atoms with Crippen LogP contribution in [0.15, 0.2) is 30.3 Å². The number of hydrogen-bond donors (Lipinski definition) is 0. The van der Waals surface area contributed by atoms with E-state index in [-0.39, 0.29) is 23.1 Å². The number of imide groups is 1. The predicted octanol–water partition coefficient (Wildman–Crippen LogP) is 3.85. The number of nitro groups is 1. The van der Waals surface area contributed by atoms with E-state index in [0.29, 0.717) is 4.90 Å². The molecule has 0 radical (unpaired) electrons. The van der Waals surface area contributed by atoms with Crippen molar-refractivity contribution in [1.29, 1.82) is 0 Å². The summed E-state index contributed by atoms with van der Waals surface area (Å²) >= 11 is 0. The van der Waals surface area contributed by atoms with Crippen LogP contribution in [0.5, 0.6) is 0 Å². The summed E-state index contributed by atoms with van der Waals surface area (Å²) in [4.78, 5) is 48.6. The Morgan fingerprint density at radius 1 is 1.10 bits per heavy atom. The zero-order valence-electron chi connectivity index (χ0n) is 18.1.